The molecular weight excluding hydrogens is 306 g/mol. The zero-order valence-corrected chi connectivity index (χ0v) is 13.0. The van der Waals surface area contributed by atoms with E-state index in [1.807, 2.05) is 0 Å². The van der Waals surface area contributed by atoms with Gasteiger partial charge in [0.1, 0.15) is 16.3 Å². The van der Waals surface area contributed by atoms with Gasteiger partial charge in [-0.15, -0.1) is 0 Å². The molecule has 0 amide bonds. The van der Waals surface area contributed by atoms with E-state index in [4.69, 9.17) is 9.26 Å². The van der Waals surface area contributed by atoms with Crippen LogP contribution in [-0.2, 0) is 9.84 Å². The highest BCUT2D eigenvalue weighted by atomic mass is 32.2. The van der Waals surface area contributed by atoms with Crippen molar-refractivity contribution in [3.8, 4) is 17.1 Å². The van der Waals surface area contributed by atoms with Crippen LogP contribution in [0.15, 0.2) is 27.6 Å². The Kier molecular flexibility index (Phi) is 3.52. The number of carbonyl (C=O) groups excluding carboxylic acids is 1. The predicted octanol–water partition coefficient (Wildman–Crippen LogP) is 2.44. The summed E-state index contributed by atoms with van der Waals surface area (Å²) < 4.78 is 34.2. The van der Waals surface area contributed by atoms with Crippen molar-refractivity contribution in [2.24, 2.45) is 0 Å². The number of hydrogen-bond acceptors (Lipinski definition) is 6. The molecule has 0 spiro atoms. The van der Waals surface area contributed by atoms with Gasteiger partial charge < -0.3 is 9.26 Å². The van der Waals surface area contributed by atoms with Crippen LogP contribution < -0.4 is 4.74 Å². The van der Waals surface area contributed by atoms with Crippen LogP contribution in [0.3, 0.4) is 0 Å². The molecule has 0 aliphatic heterocycles. The van der Waals surface area contributed by atoms with E-state index in [1.54, 1.807) is 12.1 Å². The van der Waals surface area contributed by atoms with Crippen LogP contribution in [0.4, 0.5) is 0 Å². The lowest BCUT2D eigenvalue weighted by Gasteiger charge is -2.08. The van der Waals surface area contributed by atoms with Crippen LogP contribution in [0.1, 0.15) is 34.8 Å². The quantitative estimate of drug-likeness (QED) is 0.786. The molecular formula is C15H15NO5S. The second kappa shape index (κ2) is 5.24. The van der Waals surface area contributed by atoms with Gasteiger partial charge in [-0.2, -0.15) is 0 Å². The molecule has 116 valence electrons. The van der Waals surface area contributed by atoms with Crippen LogP contribution in [0.5, 0.6) is 5.75 Å². The minimum absolute atomic E-state index is 0.0818. The van der Waals surface area contributed by atoms with E-state index in [2.05, 4.69) is 5.16 Å². The molecule has 22 heavy (non-hydrogen) atoms. The van der Waals surface area contributed by atoms with Gasteiger partial charge in [0.2, 0.25) is 0 Å². The van der Waals surface area contributed by atoms with Gasteiger partial charge in [0.05, 0.1) is 7.11 Å². The number of aldehydes is 1. The third-order valence-electron chi connectivity index (χ3n) is 3.68. The molecule has 1 saturated carbocycles. The van der Waals surface area contributed by atoms with Gasteiger partial charge in [0.25, 0.3) is 0 Å². The zero-order valence-electron chi connectivity index (χ0n) is 12.2. The summed E-state index contributed by atoms with van der Waals surface area (Å²) >= 11 is 0. The highest BCUT2D eigenvalue weighted by Gasteiger charge is 2.33. The first-order valence-electron chi connectivity index (χ1n) is 6.79. The molecule has 1 heterocycles. The number of hydrogen-bond donors (Lipinski definition) is 0. The Labute approximate surface area is 128 Å². The van der Waals surface area contributed by atoms with Crippen molar-refractivity contribution in [3.05, 3.63) is 29.5 Å². The number of aromatic nitrogens is 1. The fourth-order valence-electron chi connectivity index (χ4n) is 2.48. The lowest BCUT2D eigenvalue weighted by Crippen LogP contribution is -2.01. The molecule has 2 aromatic rings. The molecule has 1 fully saturated rings. The standard InChI is InChI=1S/C15H15NO5S/c1-20-12-6-5-10(7-13(12)22(2,18)19)15-14(9-3-4-9)11(8-17)16-21-15/h5-9H,3-4H2,1-2H3. The van der Waals surface area contributed by atoms with Crippen LogP contribution >= 0.6 is 0 Å². The molecule has 1 aromatic carbocycles. The van der Waals surface area contributed by atoms with Gasteiger partial charge in [-0.05, 0) is 37.0 Å². The number of rotatable bonds is 5. The monoisotopic (exact) mass is 321 g/mol. The van der Waals surface area contributed by atoms with Crippen molar-refractivity contribution in [1.29, 1.82) is 0 Å². The maximum Gasteiger partial charge on any atom is 0.179 e. The van der Waals surface area contributed by atoms with Crippen LogP contribution in [0.25, 0.3) is 11.3 Å². The average Bonchev–Trinajstić information content (AvgIpc) is 3.24. The summed E-state index contributed by atoms with van der Waals surface area (Å²) in [7, 11) is -2.03. The van der Waals surface area contributed by atoms with E-state index in [-0.39, 0.29) is 22.3 Å². The van der Waals surface area contributed by atoms with Gasteiger partial charge in [-0.1, -0.05) is 5.16 Å². The SMILES string of the molecule is COc1ccc(-c2onc(C=O)c2C2CC2)cc1S(C)(=O)=O. The first kappa shape index (κ1) is 14.8. The molecule has 0 bridgehead atoms. The van der Waals surface area contributed by atoms with Gasteiger partial charge >= 0.3 is 0 Å². The second-order valence-electron chi connectivity index (χ2n) is 5.34. The lowest BCUT2D eigenvalue weighted by molar-refractivity contribution is 0.111. The van der Waals surface area contributed by atoms with Crippen molar-refractivity contribution in [2.75, 3.05) is 13.4 Å². The van der Waals surface area contributed by atoms with Gasteiger partial charge in [0, 0.05) is 17.4 Å². The Bertz CT molecular complexity index is 834. The smallest absolute Gasteiger partial charge is 0.179 e. The fraction of sp³-hybridized carbons (Fsp3) is 0.333. The maximum absolute atomic E-state index is 11.9. The number of nitrogens with zero attached hydrogens (tertiary/aromatic N) is 1. The first-order valence-corrected chi connectivity index (χ1v) is 8.68. The summed E-state index contributed by atoms with van der Waals surface area (Å²) in [6.07, 6.45) is 3.74. The Morgan fingerprint density at radius 3 is 2.64 bits per heavy atom. The normalized spacial score (nSPS) is 14.8. The summed E-state index contributed by atoms with van der Waals surface area (Å²) in [5.41, 5.74) is 1.62. The van der Waals surface area contributed by atoms with Crippen molar-refractivity contribution < 1.29 is 22.5 Å². The van der Waals surface area contributed by atoms with E-state index in [1.165, 1.54) is 13.2 Å². The van der Waals surface area contributed by atoms with E-state index in [9.17, 15) is 13.2 Å². The maximum atomic E-state index is 11.9. The van der Waals surface area contributed by atoms with Crippen LogP contribution in [-0.4, -0.2) is 33.2 Å². The van der Waals surface area contributed by atoms with Gasteiger partial charge in [-0.3, -0.25) is 4.79 Å². The van der Waals surface area contributed by atoms with Gasteiger partial charge in [0.15, 0.2) is 21.9 Å². The molecule has 0 radical (unpaired) electrons. The highest BCUT2D eigenvalue weighted by molar-refractivity contribution is 7.90. The molecule has 3 rings (SSSR count). The Balaban J connectivity index is 2.18. The zero-order chi connectivity index (χ0) is 15.9. The number of methoxy groups -OCH3 is 1. The molecule has 1 aliphatic carbocycles. The summed E-state index contributed by atoms with van der Waals surface area (Å²) in [6, 6.07) is 4.77. The van der Waals surface area contributed by atoms with Gasteiger partial charge in [-0.25, -0.2) is 8.42 Å². The molecule has 0 N–H and O–H groups in total. The summed E-state index contributed by atoms with van der Waals surface area (Å²) in [5.74, 6) is 0.983. The largest absolute Gasteiger partial charge is 0.495 e. The third-order valence-corrected chi connectivity index (χ3v) is 4.80. The molecule has 0 atom stereocenters. The van der Waals surface area contributed by atoms with Crippen LogP contribution in [0, 0.1) is 0 Å². The highest BCUT2D eigenvalue weighted by Crippen LogP contribution is 2.46. The summed E-state index contributed by atoms with van der Waals surface area (Å²) in [6.45, 7) is 0. The topological polar surface area (TPSA) is 86.5 Å². The first-order chi connectivity index (χ1) is 10.5. The molecule has 6 nitrogen and oxygen atoms in total. The second-order valence-corrected chi connectivity index (χ2v) is 7.32. The molecule has 1 aromatic heterocycles. The molecule has 1 aliphatic rings. The number of benzene rings is 1. The van der Waals surface area contributed by atoms with E-state index in [0.717, 1.165) is 24.7 Å². The van der Waals surface area contributed by atoms with E-state index in [0.29, 0.717) is 17.6 Å². The molecule has 0 unspecified atom stereocenters. The van der Waals surface area contributed by atoms with E-state index < -0.39 is 9.84 Å². The Hall–Kier alpha value is -2.15. The minimum Gasteiger partial charge on any atom is -0.495 e. The molecule has 0 saturated heterocycles. The summed E-state index contributed by atoms with van der Waals surface area (Å²) in [5, 5.41) is 3.78. The predicted molar refractivity (Wildman–Crippen MR) is 79.0 cm³/mol. The summed E-state index contributed by atoms with van der Waals surface area (Å²) in [4.78, 5) is 11.2. The number of ether oxygens (including phenoxy) is 1. The number of sulfone groups is 1. The lowest BCUT2D eigenvalue weighted by atomic mass is 10.0. The third kappa shape index (κ3) is 2.52. The van der Waals surface area contributed by atoms with Crippen molar-refractivity contribution in [2.45, 2.75) is 23.7 Å². The molecule has 7 heteroatoms. The number of carbonyl (C=O) groups is 1. The van der Waals surface area contributed by atoms with Crippen molar-refractivity contribution in [1.82, 2.24) is 5.16 Å². The fourth-order valence-corrected chi connectivity index (χ4v) is 3.33. The van der Waals surface area contributed by atoms with Crippen molar-refractivity contribution in [3.63, 3.8) is 0 Å². The van der Waals surface area contributed by atoms with Crippen LogP contribution in [0.2, 0.25) is 0 Å². The average molecular weight is 321 g/mol. The Morgan fingerprint density at radius 2 is 2.09 bits per heavy atom. The van der Waals surface area contributed by atoms with E-state index >= 15 is 0 Å². The van der Waals surface area contributed by atoms with Crippen molar-refractivity contribution >= 4 is 16.1 Å². The Morgan fingerprint density at radius 1 is 1.36 bits per heavy atom. The minimum atomic E-state index is -3.45.